The highest BCUT2D eigenvalue weighted by Crippen LogP contribution is 2.25. The number of nitrogens with zero attached hydrogens (tertiary/aromatic N) is 1. The maximum absolute atomic E-state index is 12.3. The second-order valence-corrected chi connectivity index (χ2v) is 6.94. The lowest BCUT2D eigenvalue weighted by molar-refractivity contribution is -0.155. The van der Waals surface area contributed by atoms with E-state index in [0.717, 1.165) is 31.2 Å². The standard InChI is InChI=1S/C19H25ClN2O4/c1-3-22(18(24)12-26-19(25)14-6-4-5-7-14)11-17(23)21-16-10-15(20)9-8-13(16)2/h8-10,14H,3-7,11-12H2,1-2H3,(H,21,23). The quantitative estimate of drug-likeness (QED) is 0.737. The van der Waals surface area contributed by atoms with Gasteiger partial charge in [0.1, 0.15) is 0 Å². The van der Waals surface area contributed by atoms with Crippen LogP contribution in [-0.2, 0) is 19.1 Å². The van der Waals surface area contributed by atoms with Gasteiger partial charge in [-0.05, 0) is 44.4 Å². The van der Waals surface area contributed by atoms with E-state index in [0.29, 0.717) is 17.3 Å². The predicted octanol–water partition coefficient (Wildman–Crippen LogP) is 3.17. The lowest BCUT2D eigenvalue weighted by Gasteiger charge is -2.21. The fourth-order valence-electron chi connectivity index (χ4n) is 2.97. The number of amides is 2. The third-order valence-electron chi connectivity index (χ3n) is 4.57. The van der Waals surface area contributed by atoms with Crippen LogP contribution >= 0.6 is 11.6 Å². The molecule has 0 aliphatic heterocycles. The smallest absolute Gasteiger partial charge is 0.309 e. The molecule has 1 saturated carbocycles. The van der Waals surface area contributed by atoms with Crippen molar-refractivity contribution < 1.29 is 19.1 Å². The molecule has 0 bridgehead atoms. The molecule has 0 aromatic heterocycles. The third-order valence-corrected chi connectivity index (χ3v) is 4.80. The Balaban J connectivity index is 1.84. The third kappa shape index (κ3) is 5.73. The normalized spacial score (nSPS) is 14.1. The van der Waals surface area contributed by atoms with Crippen LogP contribution in [0.1, 0.15) is 38.2 Å². The van der Waals surface area contributed by atoms with Gasteiger partial charge in [-0.25, -0.2) is 0 Å². The SMILES string of the molecule is CCN(CC(=O)Nc1cc(Cl)ccc1C)C(=O)COC(=O)C1CCCC1. The maximum atomic E-state index is 12.3. The first-order chi connectivity index (χ1) is 12.4. The topological polar surface area (TPSA) is 75.7 Å². The molecule has 0 heterocycles. The molecular weight excluding hydrogens is 356 g/mol. The van der Waals surface area contributed by atoms with E-state index in [9.17, 15) is 14.4 Å². The Hall–Kier alpha value is -2.08. The second kappa shape index (κ2) is 9.57. The molecule has 1 aliphatic carbocycles. The van der Waals surface area contributed by atoms with Crippen molar-refractivity contribution in [1.29, 1.82) is 0 Å². The van der Waals surface area contributed by atoms with Crippen molar-refractivity contribution >= 4 is 35.1 Å². The predicted molar refractivity (Wildman–Crippen MR) is 100.0 cm³/mol. The van der Waals surface area contributed by atoms with Gasteiger partial charge < -0.3 is 15.0 Å². The van der Waals surface area contributed by atoms with Crippen LogP contribution in [0.3, 0.4) is 0 Å². The highest BCUT2D eigenvalue weighted by Gasteiger charge is 2.25. The summed E-state index contributed by atoms with van der Waals surface area (Å²) in [6.45, 7) is 3.54. The summed E-state index contributed by atoms with van der Waals surface area (Å²) in [5, 5.41) is 3.28. The molecular formula is C19H25ClN2O4. The molecule has 0 atom stereocenters. The van der Waals surface area contributed by atoms with Crippen LogP contribution in [0, 0.1) is 12.8 Å². The maximum Gasteiger partial charge on any atom is 0.309 e. The zero-order chi connectivity index (χ0) is 19.1. The van der Waals surface area contributed by atoms with Crippen LogP contribution in [0.4, 0.5) is 5.69 Å². The molecule has 7 heteroatoms. The van der Waals surface area contributed by atoms with Crippen molar-refractivity contribution in [2.45, 2.75) is 39.5 Å². The fraction of sp³-hybridized carbons (Fsp3) is 0.526. The molecule has 0 unspecified atom stereocenters. The number of rotatable bonds is 7. The minimum atomic E-state index is -0.378. The number of esters is 1. The van der Waals surface area contributed by atoms with Gasteiger partial charge in [-0.1, -0.05) is 30.5 Å². The van der Waals surface area contributed by atoms with Crippen molar-refractivity contribution in [3.05, 3.63) is 28.8 Å². The highest BCUT2D eigenvalue weighted by atomic mass is 35.5. The number of hydrogen-bond donors (Lipinski definition) is 1. The Morgan fingerprint density at radius 2 is 1.96 bits per heavy atom. The number of benzene rings is 1. The van der Waals surface area contributed by atoms with Gasteiger partial charge in [0.25, 0.3) is 5.91 Å². The van der Waals surface area contributed by atoms with Gasteiger partial charge in [-0.15, -0.1) is 0 Å². The largest absolute Gasteiger partial charge is 0.455 e. The Morgan fingerprint density at radius 3 is 2.62 bits per heavy atom. The lowest BCUT2D eigenvalue weighted by atomic mass is 10.1. The van der Waals surface area contributed by atoms with Crippen molar-refractivity contribution in [3.8, 4) is 0 Å². The molecule has 6 nitrogen and oxygen atoms in total. The van der Waals surface area contributed by atoms with Gasteiger partial charge in [0.05, 0.1) is 12.5 Å². The summed E-state index contributed by atoms with van der Waals surface area (Å²) < 4.78 is 5.13. The van der Waals surface area contributed by atoms with Crippen LogP contribution < -0.4 is 5.32 Å². The number of nitrogens with one attached hydrogen (secondary N) is 1. The van der Waals surface area contributed by atoms with E-state index in [1.807, 2.05) is 13.0 Å². The molecule has 1 aromatic carbocycles. The van der Waals surface area contributed by atoms with E-state index < -0.39 is 0 Å². The molecule has 1 N–H and O–H groups in total. The van der Waals surface area contributed by atoms with Gasteiger partial charge in [-0.3, -0.25) is 14.4 Å². The molecule has 1 fully saturated rings. The van der Waals surface area contributed by atoms with Crippen molar-refractivity contribution in [3.63, 3.8) is 0 Å². The zero-order valence-corrected chi connectivity index (χ0v) is 16.0. The summed E-state index contributed by atoms with van der Waals surface area (Å²) >= 11 is 5.94. The van der Waals surface area contributed by atoms with Crippen LogP contribution in [-0.4, -0.2) is 42.4 Å². The summed E-state index contributed by atoms with van der Waals surface area (Å²) in [7, 11) is 0. The lowest BCUT2D eigenvalue weighted by Crippen LogP contribution is -2.40. The molecule has 0 radical (unpaired) electrons. The Kier molecular flexibility index (Phi) is 7.45. The summed E-state index contributed by atoms with van der Waals surface area (Å²) in [4.78, 5) is 37.8. The summed E-state index contributed by atoms with van der Waals surface area (Å²) in [6.07, 6.45) is 3.70. The van der Waals surface area contributed by atoms with Gasteiger partial charge in [0.2, 0.25) is 5.91 Å². The van der Waals surface area contributed by atoms with Crippen molar-refractivity contribution in [2.75, 3.05) is 25.0 Å². The van der Waals surface area contributed by atoms with Gasteiger partial charge in [-0.2, -0.15) is 0 Å². The van der Waals surface area contributed by atoms with Crippen molar-refractivity contribution in [2.24, 2.45) is 5.92 Å². The van der Waals surface area contributed by atoms with Crippen LogP contribution in [0.2, 0.25) is 5.02 Å². The number of carbonyl (C=O) groups is 3. The number of hydrogen-bond acceptors (Lipinski definition) is 4. The minimum absolute atomic E-state index is 0.0908. The van der Waals surface area contributed by atoms with Crippen LogP contribution in [0.25, 0.3) is 0 Å². The molecule has 142 valence electrons. The fourth-order valence-corrected chi connectivity index (χ4v) is 3.14. The van der Waals surface area contributed by atoms with Crippen molar-refractivity contribution in [1.82, 2.24) is 4.90 Å². The molecule has 0 spiro atoms. The monoisotopic (exact) mass is 380 g/mol. The first-order valence-corrected chi connectivity index (χ1v) is 9.29. The molecule has 1 aliphatic rings. The molecule has 0 saturated heterocycles. The highest BCUT2D eigenvalue weighted by molar-refractivity contribution is 6.31. The Bertz CT molecular complexity index is 672. The zero-order valence-electron chi connectivity index (χ0n) is 15.2. The number of anilines is 1. The Morgan fingerprint density at radius 1 is 1.27 bits per heavy atom. The molecule has 2 amide bonds. The average molecular weight is 381 g/mol. The summed E-state index contributed by atoms with van der Waals surface area (Å²) in [6, 6.07) is 5.21. The number of ether oxygens (including phenoxy) is 1. The number of carbonyl (C=O) groups excluding carboxylic acids is 3. The second-order valence-electron chi connectivity index (χ2n) is 6.50. The first kappa shape index (κ1) is 20.2. The average Bonchev–Trinajstić information content (AvgIpc) is 3.15. The molecule has 26 heavy (non-hydrogen) atoms. The number of aryl methyl sites for hydroxylation is 1. The van der Waals surface area contributed by atoms with Gasteiger partial charge in [0, 0.05) is 17.3 Å². The number of halogens is 1. The van der Waals surface area contributed by atoms with E-state index in [1.54, 1.807) is 19.1 Å². The van der Waals surface area contributed by atoms with E-state index in [2.05, 4.69) is 5.32 Å². The van der Waals surface area contributed by atoms with E-state index in [1.165, 1.54) is 4.90 Å². The molecule has 1 aromatic rings. The van der Waals surface area contributed by atoms with E-state index in [-0.39, 0.29) is 36.9 Å². The summed E-state index contributed by atoms with van der Waals surface area (Å²) in [5.41, 5.74) is 1.49. The van der Waals surface area contributed by atoms with Gasteiger partial charge >= 0.3 is 5.97 Å². The Labute approximate surface area is 158 Å². The first-order valence-electron chi connectivity index (χ1n) is 8.91. The van der Waals surface area contributed by atoms with Crippen LogP contribution in [0.5, 0.6) is 0 Å². The number of likely N-dealkylation sites (N-methyl/N-ethyl adjacent to an activating group) is 1. The van der Waals surface area contributed by atoms with E-state index in [4.69, 9.17) is 16.3 Å². The summed E-state index contributed by atoms with van der Waals surface area (Å²) in [5.74, 6) is -1.11. The molecule has 2 rings (SSSR count). The minimum Gasteiger partial charge on any atom is -0.455 e. The van der Waals surface area contributed by atoms with E-state index >= 15 is 0 Å². The van der Waals surface area contributed by atoms with Crippen LogP contribution in [0.15, 0.2) is 18.2 Å². The van der Waals surface area contributed by atoms with Gasteiger partial charge in [0.15, 0.2) is 6.61 Å².